The Labute approximate surface area is 108 Å². The molecule has 0 bridgehead atoms. The summed E-state index contributed by atoms with van der Waals surface area (Å²) >= 11 is 0. The van der Waals surface area contributed by atoms with Crippen LogP contribution in [0.5, 0.6) is 5.75 Å². The molecule has 0 saturated carbocycles. The van der Waals surface area contributed by atoms with Crippen LogP contribution >= 0.6 is 0 Å². The van der Waals surface area contributed by atoms with Gasteiger partial charge in [0.25, 0.3) is 0 Å². The van der Waals surface area contributed by atoms with Crippen molar-refractivity contribution in [2.45, 2.75) is 0 Å². The lowest BCUT2D eigenvalue weighted by Crippen LogP contribution is -2.19. The van der Waals surface area contributed by atoms with Crippen molar-refractivity contribution in [2.75, 3.05) is 27.2 Å². The lowest BCUT2D eigenvalue weighted by molar-refractivity contribution is 0.261. The molecule has 0 aliphatic rings. The van der Waals surface area contributed by atoms with Gasteiger partial charge < -0.3 is 9.64 Å². The minimum absolute atomic E-state index is 0.670. The van der Waals surface area contributed by atoms with Crippen LogP contribution in [0.4, 0.5) is 0 Å². The minimum atomic E-state index is 0.670. The first-order chi connectivity index (χ1) is 8.75. The zero-order chi connectivity index (χ0) is 12.8. The summed E-state index contributed by atoms with van der Waals surface area (Å²) in [6, 6.07) is 13.0. The zero-order valence-corrected chi connectivity index (χ0v) is 10.8. The molecular formula is C15H17N2O. The molecule has 3 heteroatoms. The number of rotatable bonds is 5. The van der Waals surface area contributed by atoms with Crippen molar-refractivity contribution >= 4 is 0 Å². The van der Waals surface area contributed by atoms with E-state index in [1.54, 1.807) is 12.4 Å². The van der Waals surface area contributed by atoms with Crippen molar-refractivity contribution < 1.29 is 4.74 Å². The Balaban J connectivity index is 2.06. The topological polar surface area (TPSA) is 25.4 Å². The number of nitrogens with zero attached hydrogens (tertiary/aromatic N) is 2. The fraction of sp³-hybridized carbons (Fsp3) is 0.267. The molecule has 1 heterocycles. The average Bonchev–Trinajstić information content (AvgIpc) is 2.40. The lowest BCUT2D eigenvalue weighted by atomic mass is 10.1. The summed E-state index contributed by atoms with van der Waals surface area (Å²) in [5.74, 6) is 0.783. The van der Waals surface area contributed by atoms with Gasteiger partial charge >= 0.3 is 0 Å². The van der Waals surface area contributed by atoms with Gasteiger partial charge in [-0.15, -0.1) is 0 Å². The Morgan fingerprint density at radius 3 is 2.67 bits per heavy atom. The number of benzene rings is 1. The van der Waals surface area contributed by atoms with Crippen molar-refractivity contribution in [3.8, 4) is 16.9 Å². The van der Waals surface area contributed by atoms with Crippen molar-refractivity contribution in [3.05, 3.63) is 48.8 Å². The minimum Gasteiger partial charge on any atom is -0.492 e. The number of aromatic nitrogens is 1. The van der Waals surface area contributed by atoms with Gasteiger partial charge in [0.1, 0.15) is 12.4 Å². The molecule has 3 nitrogen and oxygen atoms in total. The first-order valence-electron chi connectivity index (χ1n) is 5.95. The van der Waals surface area contributed by atoms with Crippen molar-refractivity contribution in [3.63, 3.8) is 0 Å². The summed E-state index contributed by atoms with van der Waals surface area (Å²) in [6.45, 7) is 1.57. The van der Waals surface area contributed by atoms with E-state index in [1.165, 1.54) is 0 Å². The van der Waals surface area contributed by atoms with Crippen LogP contribution in [-0.4, -0.2) is 37.1 Å². The maximum absolute atomic E-state index is 5.67. The highest BCUT2D eigenvalue weighted by Gasteiger charge is 2.00. The van der Waals surface area contributed by atoms with E-state index < -0.39 is 0 Å². The van der Waals surface area contributed by atoms with E-state index in [2.05, 4.69) is 16.0 Å². The number of pyridine rings is 1. The molecule has 0 spiro atoms. The predicted molar refractivity (Wildman–Crippen MR) is 72.6 cm³/mol. The van der Waals surface area contributed by atoms with Crippen LogP contribution in [0.1, 0.15) is 0 Å². The molecule has 2 rings (SSSR count). The third-order valence-electron chi connectivity index (χ3n) is 2.58. The molecule has 2 aromatic rings. The Kier molecular flexibility index (Phi) is 4.31. The molecule has 1 aromatic carbocycles. The molecule has 1 radical (unpaired) electrons. The highest BCUT2D eigenvalue weighted by molar-refractivity contribution is 5.64. The van der Waals surface area contributed by atoms with E-state index >= 15 is 0 Å². The van der Waals surface area contributed by atoms with Gasteiger partial charge in [-0.3, -0.25) is 4.98 Å². The van der Waals surface area contributed by atoms with E-state index in [9.17, 15) is 0 Å². The molecule has 1 aromatic heterocycles. The van der Waals surface area contributed by atoms with E-state index in [0.717, 1.165) is 23.4 Å². The van der Waals surface area contributed by atoms with Gasteiger partial charge in [-0.2, -0.15) is 0 Å². The fourth-order valence-corrected chi connectivity index (χ4v) is 1.59. The molecule has 93 valence electrons. The number of likely N-dealkylation sites (N-methyl/N-ethyl adjacent to an activating group) is 1. The van der Waals surface area contributed by atoms with Crippen LogP contribution in [0.15, 0.2) is 42.7 Å². The Bertz CT molecular complexity index is 483. The quantitative estimate of drug-likeness (QED) is 0.804. The first kappa shape index (κ1) is 12.6. The molecule has 0 aliphatic heterocycles. The molecule has 0 unspecified atom stereocenters. The van der Waals surface area contributed by atoms with Crippen molar-refractivity contribution in [1.29, 1.82) is 0 Å². The monoisotopic (exact) mass is 241 g/mol. The second kappa shape index (κ2) is 6.17. The normalized spacial score (nSPS) is 10.6. The van der Waals surface area contributed by atoms with Crippen LogP contribution in [0.2, 0.25) is 0 Å². The van der Waals surface area contributed by atoms with Crippen LogP contribution in [0, 0.1) is 6.07 Å². The maximum atomic E-state index is 5.67. The SMILES string of the molecule is CN(C)CCOc1[c]ccc(-c2ccncc2)c1. The smallest absolute Gasteiger partial charge is 0.127 e. The first-order valence-corrected chi connectivity index (χ1v) is 5.95. The third kappa shape index (κ3) is 3.57. The molecule has 0 atom stereocenters. The molecule has 18 heavy (non-hydrogen) atoms. The average molecular weight is 241 g/mol. The number of hydrogen-bond acceptors (Lipinski definition) is 3. The van der Waals surface area contributed by atoms with Gasteiger partial charge in [-0.1, -0.05) is 6.07 Å². The van der Waals surface area contributed by atoms with Gasteiger partial charge in [0.2, 0.25) is 0 Å². The Hall–Kier alpha value is -1.87. The van der Waals surface area contributed by atoms with Gasteiger partial charge in [-0.05, 0) is 49.5 Å². The van der Waals surface area contributed by atoms with Gasteiger partial charge in [-0.25, -0.2) is 0 Å². The molecular weight excluding hydrogens is 224 g/mol. The van der Waals surface area contributed by atoms with E-state index in [0.29, 0.717) is 6.61 Å². The summed E-state index contributed by atoms with van der Waals surface area (Å²) in [7, 11) is 4.06. The van der Waals surface area contributed by atoms with Crippen molar-refractivity contribution in [1.82, 2.24) is 9.88 Å². The molecule has 0 fully saturated rings. The summed E-state index contributed by atoms with van der Waals surface area (Å²) in [5.41, 5.74) is 2.26. The summed E-state index contributed by atoms with van der Waals surface area (Å²) in [4.78, 5) is 6.11. The third-order valence-corrected chi connectivity index (χ3v) is 2.58. The van der Waals surface area contributed by atoms with Crippen LogP contribution in [-0.2, 0) is 0 Å². The zero-order valence-electron chi connectivity index (χ0n) is 10.8. The van der Waals surface area contributed by atoms with Crippen LogP contribution < -0.4 is 4.74 Å². The molecule has 0 aliphatic carbocycles. The van der Waals surface area contributed by atoms with Crippen molar-refractivity contribution in [2.24, 2.45) is 0 Å². The van der Waals surface area contributed by atoms with Gasteiger partial charge in [0.15, 0.2) is 0 Å². The van der Waals surface area contributed by atoms with E-state index in [4.69, 9.17) is 4.74 Å². The van der Waals surface area contributed by atoms with Gasteiger partial charge in [0.05, 0.1) is 0 Å². The summed E-state index contributed by atoms with van der Waals surface area (Å²) in [6.07, 6.45) is 3.58. The lowest BCUT2D eigenvalue weighted by Gasteiger charge is -2.11. The standard InChI is InChI=1S/C15H17N2O/c1-17(2)10-11-18-15-5-3-4-14(12-15)13-6-8-16-9-7-13/h3-4,6-9,12H,10-11H2,1-2H3. The maximum Gasteiger partial charge on any atom is 0.127 e. The Morgan fingerprint density at radius 1 is 1.17 bits per heavy atom. The molecule has 0 N–H and O–H groups in total. The summed E-state index contributed by atoms with van der Waals surface area (Å²) in [5, 5.41) is 0. The van der Waals surface area contributed by atoms with Crippen LogP contribution in [0.3, 0.4) is 0 Å². The van der Waals surface area contributed by atoms with Crippen LogP contribution in [0.25, 0.3) is 11.1 Å². The second-order valence-corrected chi connectivity index (χ2v) is 4.33. The second-order valence-electron chi connectivity index (χ2n) is 4.33. The highest BCUT2D eigenvalue weighted by atomic mass is 16.5. The molecule has 0 saturated heterocycles. The fourth-order valence-electron chi connectivity index (χ4n) is 1.59. The summed E-state index contributed by atoms with van der Waals surface area (Å²) < 4.78 is 5.67. The molecule has 0 amide bonds. The van der Waals surface area contributed by atoms with Gasteiger partial charge in [0, 0.05) is 25.0 Å². The number of hydrogen-bond donors (Lipinski definition) is 0. The Morgan fingerprint density at radius 2 is 1.94 bits per heavy atom. The highest BCUT2D eigenvalue weighted by Crippen LogP contribution is 2.22. The number of ether oxygens (including phenoxy) is 1. The largest absolute Gasteiger partial charge is 0.492 e. The van der Waals surface area contributed by atoms with E-state index in [-0.39, 0.29) is 0 Å². The predicted octanol–water partition coefficient (Wildman–Crippen LogP) is 2.49. The van der Waals surface area contributed by atoms with E-state index in [1.807, 2.05) is 44.4 Å².